The van der Waals surface area contributed by atoms with Gasteiger partial charge in [-0.1, -0.05) is 24.3 Å². The van der Waals surface area contributed by atoms with E-state index in [0.29, 0.717) is 31.2 Å². The van der Waals surface area contributed by atoms with Crippen LogP contribution in [0, 0.1) is 16.0 Å². The highest BCUT2D eigenvalue weighted by Crippen LogP contribution is 2.37. The van der Waals surface area contributed by atoms with E-state index in [-0.39, 0.29) is 52.8 Å². The summed E-state index contributed by atoms with van der Waals surface area (Å²) in [5, 5.41) is 32.0. The van der Waals surface area contributed by atoms with Crippen molar-refractivity contribution in [1.29, 1.82) is 0 Å². The molecule has 0 aromatic heterocycles. The molecule has 2 N–H and O–H groups in total. The number of hydrogen-bond donors (Lipinski definition) is 2. The number of carbonyl (C=O) groups excluding carboxylic acids is 2. The summed E-state index contributed by atoms with van der Waals surface area (Å²) in [5.41, 5.74) is 0.388. The highest BCUT2D eigenvalue weighted by Gasteiger charge is 2.34. The minimum atomic E-state index is -0.930. The van der Waals surface area contributed by atoms with E-state index in [1.54, 1.807) is 18.2 Å². The lowest BCUT2D eigenvalue weighted by Gasteiger charge is -2.26. The second kappa shape index (κ2) is 8.21. The molecule has 7 nitrogen and oxygen atoms in total. The summed E-state index contributed by atoms with van der Waals surface area (Å²) < 4.78 is 0. The molecule has 0 amide bonds. The maximum atomic E-state index is 12.5. The Morgan fingerprint density at radius 2 is 1.46 bits per heavy atom. The highest BCUT2D eigenvalue weighted by atomic mass is 16.6. The van der Waals surface area contributed by atoms with Crippen molar-refractivity contribution in [3.05, 3.63) is 68.7 Å². The Labute approximate surface area is 161 Å². The third-order valence-electron chi connectivity index (χ3n) is 5.08. The van der Waals surface area contributed by atoms with Crippen LogP contribution < -0.4 is 0 Å². The molecule has 0 saturated heterocycles. The number of carbonyl (C=O) groups is 2. The Bertz CT molecular complexity index is 883. The summed E-state index contributed by atoms with van der Waals surface area (Å²) in [5.74, 6) is -1.67. The zero-order valence-corrected chi connectivity index (χ0v) is 15.3. The van der Waals surface area contributed by atoms with Crippen molar-refractivity contribution >= 4 is 23.3 Å². The Morgan fingerprint density at radius 1 is 0.929 bits per heavy atom. The number of rotatable bonds is 5. The van der Waals surface area contributed by atoms with Crippen LogP contribution in [-0.4, -0.2) is 26.7 Å². The van der Waals surface area contributed by atoms with Gasteiger partial charge >= 0.3 is 0 Å². The lowest BCUT2D eigenvalue weighted by atomic mass is 9.77. The van der Waals surface area contributed by atoms with E-state index < -0.39 is 10.8 Å². The van der Waals surface area contributed by atoms with E-state index >= 15 is 0 Å². The number of aliphatic hydroxyl groups is 2. The van der Waals surface area contributed by atoms with Gasteiger partial charge in [-0.05, 0) is 18.9 Å². The van der Waals surface area contributed by atoms with Crippen molar-refractivity contribution in [2.75, 3.05) is 0 Å². The molecule has 28 heavy (non-hydrogen) atoms. The number of benzene rings is 1. The summed E-state index contributed by atoms with van der Waals surface area (Å²) in [6.45, 7) is 0. The number of allylic oxidation sites excluding steroid dienone is 5. The fourth-order valence-corrected chi connectivity index (χ4v) is 3.73. The second-order valence-electron chi connectivity index (χ2n) is 6.93. The minimum absolute atomic E-state index is 0.0906. The predicted octanol–water partition coefficient (Wildman–Crippen LogP) is 4.35. The van der Waals surface area contributed by atoms with Crippen LogP contribution in [0.15, 0.2) is 53.0 Å². The Hall–Kier alpha value is -3.22. The lowest BCUT2D eigenvalue weighted by molar-refractivity contribution is -0.385. The van der Waals surface area contributed by atoms with Gasteiger partial charge in [-0.2, -0.15) is 0 Å². The average Bonchev–Trinajstić information content (AvgIpc) is 2.65. The molecule has 0 aliphatic heterocycles. The van der Waals surface area contributed by atoms with Gasteiger partial charge in [-0.3, -0.25) is 19.7 Å². The molecule has 0 bridgehead atoms. The molecule has 146 valence electrons. The number of ketones is 2. The van der Waals surface area contributed by atoms with Crippen LogP contribution in [0.3, 0.4) is 0 Å². The first-order valence-electron chi connectivity index (χ1n) is 9.22. The van der Waals surface area contributed by atoms with E-state index in [1.165, 1.54) is 18.2 Å². The number of Topliss-reactive ketones (excluding diaryl/α,β-unsaturated/α-hetero) is 2. The molecule has 0 radical (unpaired) electrons. The third-order valence-corrected chi connectivity index (χ3v) is 5.08. The van der Waals surface area contributed by atoms with Gasteiger partial charge in [0, 0.05) is 48.8 Å². The van der Waals surface area contributed by atoms with Crippen LogP contribution in [-0.2, 0) is 9.59 Å². The van der Waals surface area contributed by atoms with Gasteiger partial charge in [-0.15, -0.1) is 0 Å². The molecular formula is C21H21NO6. The maximum absolute atomic E-state index is 12.5. The smallest absolute Gasteiger partial charge is 0.276 e. The Morgan fingerprint density at radius 3 is 1.96 bits per heavy atom. The number of para-hydroxylation sites is 1. The van der Waals surface area contributed by atoms with Gasteiger partial charge in [0.05, 0.1) is 22.0 Å². The number of aliphatic hydroxyl groups excluding tert-OH is 2. The molecule has 0 saturated carbocycles. The van der Waals surface area contributed by atoms with Gasteiger partial charge in [0.15, 0.2) is 11.6 Å². The number of nitrogens with zero attached hydrogens (tertiary/aromatic N) is 1. The van der Waals surface area contributed by atoms with E-state index in [1.807, 2.05) is 0 Å². The van der Waals surface area contributed by atoms with Gasteiger partial charge in [-0.25, -0.2) is 0 Å². The topological polar surface area (TPSA) is 118 Å². The van der Waals surface area contributed by atoms with Crippen LogP contribution >= 0.6 is 0 Å². The first kappa shape index (κ1) is 19.5. The Balaban J connectivity index is 2.12. The summed E-state index contributed by atoms with van der Waals surface area (Å²) in [4.78, 5) is 35.8. The highest BCUT2D eigenvalue weighted by molar-refractivity contribution is 6.04. The Kier molecular flexibility index (Phi) is 5.73. The molecule has 0 unspecified atom stereocenters. The first-order chi connectivity index (χ1) is 13.4. The van der Waals surface area contributed by atoms with Crippen molar-refractivity contribution < 1.29 is 24.7 Å². The van der Waals surface area contributed by atoms with E-state index in [9.17, 15) is 29.9 Å². The number of nitro benzene ring substituents is 1. The fraction of sp³-hybridized carbons (Fsp3) is 0.333. The van der Waals surface area contributed by atoms with Gasteiger partial charge in [0.1, 0.15) is 0 Å². The predicted molar refractivity (Wildman–Crippen MR) is 103 cm³/mol. The maximum Gasteiger partial charge on any atom is 0.276 e. The fourth-order valence-electron chi connectivity index (χ4n) is 3.73. The van der Waals surface area contributed by atoms with Crippen molar-refractivity contribution in [3.8, 4) is 0 Å². The number of hydrogen-bond acceptors (Lipinski definition) is 6. The summed E-state index contributed by atoms with van der Waals surface area (Å²) in [6.07, 6.45) is 5.13. The van der Waals surface area contributed by atoms with Crippen molar-refractivity contribution in [2.24, 2.45) is 5.92 Å². The summed E-state index contributed by atoms with van der Waals surface area (Å²) >= 11 is 0. The molecule has 3 rings (SSSR count). The quantitative estimate of drug-likeness (QED) is 0.576. The molecule has 0 atom stereocenters. The largest absolute Gasteiger partial charge is 0.512 e. The van der Waals surface area contributed by atoms with Crippen molar-refractivity contribution in [3.63, 3.8) is 0 Å². The van der Waals surface area contributed by atoms with Gasteiger partial charge < -0.3 is 10.2 Å². The van der Waals surface area contributed by atoms with Crippen LogP contribution in [0.4, 0.5) is 5.69 Å². The van der Waals surface area contributed by atoms with E-state index in [2.05, 4.69) is 0 Å². The van der Waals surface area contributed by atoms with Crippen LogP contribution in [0.5, 0.6) is 0 Å². The van der Waals surface area contributed by atoms with Crippen LogP contribution in [0.25, 0.3) is 6.08 Å². The van der Waals surface area contributed by atoms with Crippen molar-refractivity contribution in [2.45, 2.75) is 38.5 Å². The summed E-state index contributed by atoms with van der Waals surface area (Å²) in [6, 6.07) is 6.11. The number of nitro groups is 1. The molecule has 0 spiro atoms. The summed E-state index contributed by atoms with van der Waals surface area (Å²) in [7, 11) is 0. The second-order valence-corrected chi connectivity index (χ2v) is 6.93. The van der Waals surface area contributed by atoms with Crippen LogP contribution in [0.1, 0.15) is 44.1 Å². The monoisotopic (exact) mass is 383 g/mol. The molecule has 2 aliphatic carbocycles. The minimum Gasteiger partial charge on any atom is -0.512 e. The molecule has 1 aromatic rings. The van der Waals surface area contributed by atoms with E-state index in [4.69, 9.17) is 0 Å². The SMILES string of the molecule is O=C1CCCC(O)=C1C(/C=C/c1ccccc1[N+](=O)[O-])C1=C(O)CCCC1=O. The van der Waals surface area contributed by atoms with Gasteiger partial charge in [0.25, 0.3) is 5.69 Å². The zero-order valence-electron chi connectivity index (χ0n) is 15.3. The van der Waals surface area contributed by atoms with Crippen LogP contribution in [0.2, 0.25) is 0 Å². The molecular weight excluding hydrogens is 362 g/mol. The first-order valence-corrected chi connectivity index (χ1v) is 9.22. The molecule has 0 fully saturated rings. The molecule has 7 heteroatoms. The van der Waals surface area contributed by atoms with Crippen molar-refractivity contribution in [1.82, 2.24) is 0 Å². The molecule has 2 aliphatic rings. The standard InChI is InChI=1S/C21H21NO6/c23-16-7-3-8-17(24)20(16)14(21-18(25)9-4-10-19(21)26)12-11-13-5-1-2-6-15(13)22(27)28/h1-2,5-6,11-12,14,23,25H,3-4,7-10H2/b12-11+. The third kappa shape index (κ3) is 3.88. The van der Waals surface area contributed by atoms with Gasteiger partial charge in [0.2, 0.25) is 0 Å². The zero-order chi connectivity index (χ0) is 20.3. The normalized spacial score (nSPS) is 18.5. The average molecular weight is 383 g/mol. The lowest BCUT2D eigenvalue weighted by Crippen LogP contribution is -2.25. The molecule has 0 heterocycles. The van der Waals surface area contributed by atoms with E-state index in [0.717, 1.165) is 0 Å². The molecule has 1 aromatic carbocycles.